The molecule has 1 N–H and O–H groups in total. The molecule has 0 bridgehead atoms. The van der Waals surface area contributed by atoms with Crippen molar-refractivity contribution in [1.82, 2.24) is 9.78 Å². The van der Waals surface area contributed by atoms with Gasteiger partial charge in [-0.1, -0.05) is 32.9 Å². The number of ether oxygens (including phenoxy) is 1. The molecular weight excluding hydrogens is 342 g/mol. The quantitative estimate of drug-likeness (QED) is 0.646. The highest BCUT2D eigenvalue weighted by molar-refractivity contribution is 5.94. The van der Waals surface area contributed by atoms with Crippen molar-refractivity contribution in [1.29, 1.82) is 0 Å². The first-order chi connectivity index (χ1) is 12.6. The Morgan fingerprint density at radius 1 is 1.19 bits per heavy atom. The number of esters is 1. The minimum Gasteiger partial charge on any atom is -0.452 e. The Kier molecular flexibility index (Phi) is 6.20. The number of amides is 1. The Bertz CT molecular complexity index is 856. The molecular formula is C21H27N3O3. The standard InChI is InChI=1S/C21H27N3O3/c1-14-18(15(2)24(6)23-14)11-12-20(26)27-13-19(25)22-17-9-7-16(8-10-17)21(3,4)5/h7-12H,13H2,1-6H3,(H,22,25)/b12-11+. The van der Waals surface area contributed by atoms with Crippen LogP contribution in [0.25, 0.3) is 6.08 Å². The number of aryl methyl sites for hydroxylation is 2. The molecule has 1 heterocycles. The van der Waals surface area contributed by atoms with E-state index in [1.165, 1.54) is 11.6 Å². The van der Waals surface area contributed by atoms with E-state index in [0.717, 1.165) is 17.0 Å². The third kappa shape index (κ3) is 5.54. The van der Waals surface area contributed by atoms with Crippen molar-refractivity contribution in [3.05, 3.63) is 52.9 Å². The lowest BCUT2D eigenvalue weighted by Crippen LogP contribution is -2.20. The number of nitrogens with one attached hydrogen (secondary N) is 1. The second-order valence-corrected chi connectivity index (χ2v) is 7.52. The molecule has 27 heavy (non-hydrogen) atoms. The van der Waals surface area contributed by atoms with Crippen LogP contribution in [0, 0.1) is 13.8 Å². The zero-order valence-corrected chi connectivity index (χ0v) is 16.8. The van der Waals surface area contributed by atoms with E-state index < -0.39 is 5.97 Å². The summed E-state index contributed by atoms with van der Waals surface area (Å²) in [6.07, 6.45) is 2.96. The van der Waals surface area contributed by atoms with Gasteiger partial charge in [0.05, 0.1) is 5.69 Å². The van der Waals surface area contributed by atoms with Gasteiger partial charge in [-0.3, -0.25) is 9.48 Å². The van der Waals surface area contributed by atoms with E-state index in [1.807, 2.05) is 45.2 Å². The minimum atomic E-state index is -0.573. The Labute approximate surface area is 160 Å². The number of nitrogens with zero attached hydrogens (tertiary/aromatic N) is 2. The molecule has 1 aromatic carbocycles. The third-order valence-electron chi connectivity index (χ3n) is 4.33. The predicted molar refractivity (Wildman–Crippen MR) is 106 cm³/mol. The molecule has 1 aromatic heterocycles. The van der Waals surface area contributed by atoms with E-state index in [9.17, 15) is 9.59 Å². The monoisotopic (exact) mass is 369 g/mol. The van der Waals surface area contributed by atoms with Crippen molar-refractivity contribution in [2.75, 3.05) is 11.9 Å². The average molecular weight is 369 g/mol. The molecule has 6 heteroatoms. The second kappa shape index (κ2) is 8.20. The molecule has 0 fully saturated rings. The zero-order valence-electron chi connectivity index (χ0n) is 16.8. The molecule has 0 spiro atoms. The van der Waals surface area contributed by atoms with Gasteiger partial charge < -0.3 is 10.1 Å². The van der Waals surface area contributed by atoms with E-state index in [4.69, 9.17) is 4.74 Å². The summed E-state index contributed by atoms with van der Waals surface area (Å²) in [4.78, 5) is 23.8. The van der Waals surface area contributed by atoms with Crippen LogP contribution in [0.2, 0.25) is 0 Å². The van der Waals surface area contributed by atoms with Gasteiger partial charge in [-0.25, -0.2) is 4.79 Å². The number of hydrogen-bond donors (Lipinski definition) is 1. The fourth-order valence-corrected chi connectivity index (χ4v) is 2.62. The van der Waals surface area contributed by atoms with Gasteiger partial charge in [0, 0.05) is 30.1 Å². The number of aromatic nitrogens is 2. The van der Waals surface area contributed by atoms with Gasteiger partial charge in [0.1, 0.15) is 0 Å². The lowest BCUT2D eigenvalue weighted by atomic mass is 9.87. The first-order valence-corrected chi connectivity index (χ1v) is 8.83. The van der Waals surface area contributed by atoms with Gasteiger partial charge in [-0.15, -0.1) is 0 Å². The largest absolute Gasteiger partial charge is 0.452 e. The van der Waals surface area contributed by atoms with Crippen molar-refractivity contribution in [2.24, 2.45) is 7.05 Å². The van der Waals surface area contributed by atoms with Crippen LogP contribution in [-0.4, -0.2) is 28.3 Å². The van der Waals surface area contributed by atoms with Crippen LogP contribution in [0.4, 0.5) is 5.69 Å². The van der Waals surface area contributed by atoms with Crippen LogP contribution < -0.4 is 5.32 Å². The maximum Gasteiger partial charge on any atom is 0.331 e. The second-order valence-electron chi connectivity index (χ2n) is 7.52. The maximum atomic E-state index is 12.0. The van der Waals surface area contributed by atoms with Crippen molar-refractivity contribution < 1.29 is 14.3 Å². The summed E-state index contributed by atoms with van der Waals surface area (Å²) >= 11 is 0. The predicted octanol–water partition coefficient (Wildman–Crippen LogP) is 3.53. The molecule has 144 valence electrons. The zero-order chi connectivity index (χ0) is 20.2. The lowest BCUT2D eigenvalue weighted by Gasteiger charge is -2.19. The molecule has 0 unspecified atom stereocenters. The molecule has 0 aliphatic carbocycles. The summed E-state index contributed by atoms with van der Waals surface area (Å²) in [5, 5.41) is 7.00. The number of hydrogen-bond acceptors (Lipinski definition) is 4. The number of benzene rings is 1. The van der Waals surface area contributed by atoms with Crippen LogP contribution in [0.1, 0.15) is 43.3 Å². The summed E-state index contributed by atoms with van der Waals surface area (Å²) in [5.41, 5.74) is 4.55. The van der Waals surface area contributed by atoms with Crippen LogP contribution in [0.15, 0.2) is 30.3 Å². The Morgan fingerprint density at radius 3 is 2.33 bits per heavy atom. The van der Waals surface area contributed by atoms with Crippen LogP contribution in [0.3, 0.4) is 0 Å². The fraction of sp³-hybridized carbons (Fsp3) is 0.381. The van der Waals surface area contributed by atoms with E-state index in [-0.39, 0.29) is 17.9 Å². The Morgan fingerprint density at radius 2 is 1.81 bits per heavy atom. The minimum absolute atomic E-state index is 0.0510. The van der Waals surface area contributed by atoms with Crippen molar-refractivity contribution in [2.45, 2.75) is 40.0 Å². The van der Waals surface area contributed by atoms with Crippen molar-refractivity contribution in [3.8, 4) is 0 Å². The molecule has 6 nitrogen and oxygen atoms in total. The average Bonchev–Trinajstić information content (AvgIpc) is 2.83. The summed E-state index contributed by atoms with van der Waals surface area (Å²) in [6, 6.07) is 7.63. The summed E-state index contributed by atoms with van der Waals surface area (Å²) in [7, 11) is 1.84. The highest BCUT2D eigenvalue weighted by Gasteiger charge is 2.13. The van der Waals surface area contributed by atoms with Gasteiger partial charge >= 0.3 is 5.97 Å². The summed E-state index contributed by atoms with van der Waals surface area (Å²) < 4.78 is 6.75. The van der Waals surface area contributed by atoms with Crippen molar-refractivity contribution >= 4 is 23.6 Å². The van der Waals surface area contributed by atoms with Gasteiger partial charge in [-0.05, 0) is 43.0 Å². The fourth-order valence-electron chi connectivity index (χ4n) is 2.62. The highest BCUT2D eigenvalue weighted by atomic mass is 16.5. The molecule has 2 rings (SSSR count). The number of carbonyl (C=O) groups is 2. The summed E-state index contributed by atoms with van der Waals surface area (Å²) in [6.45, 7) is 9.83. The Hall–Kier alpha value is -2.89. The molecule has 0 saturated heterocycles. The molecule has 0 aliphatic rings. The Balaban J connectivity index is 1.86. The van der Waals surface area contributed by atoms with Gasteiger partial charge in [0.25, 0.3) is 5.91 Å². The highest BCUT2D eigenvalue weighted by Crippen LogP contribution is 2.23. The molecule has 0 radical (unpaired) electrons. The number of rotatable bonds is 5. The number of carbonyl (C=O) groups excluding carboxylic acids is 2. The molecule has 2 aromatic rings. The van der Waals surface area contributed by atoms with Gasteiger partial charge in [0.2, 0.25) is 0 Å². The van der Waals surface area contributed by atoms with Gasteiger partial charge in [-0.2, -0.15) is 5.10 Å². The lowest BCUT2D eigenvalue weighted by molar-refractivity contribution is -0.142. The van der Waals surface area contributed by atoms with Crippen LogP contribution in [0.5, 0.6) is 0 Å². The number of anilines is 1. The van der Waals surface area contributed by atoms with E-state index in [1.54, 1.807) is 10.8 Å². The van der Waals surface area contributed by atoms with Gasteiger partial charge in [0.15, 0.2) is 6.61 Å². The molecule has 0 aliphatic heterocycles. The SMILES string of the molecule is Cc1nn(C)c(C)c1/C=C/C(=O)OCC(=O)Nc1ccc(C(C)(C)C)cc1. The topological polar surface area (TPSA) is 73.2 Å². The molecule has 1 amide bonds. The molecule has 0 saturated carbocycles. The first kappa shape index (κ1) is 20.4. The van der Waals surface area contributed by atoms with Crippen LogP contribution in [-0.2, 0) is 26.8 Å². The normalized spacial score (nSPS) is 11.6. The smallest absolute Gasteiger partial charge is 0.331 e. The van der Waals surface area contributed by atoms with E-state index in [2.05, 4.69) is 31.2 Å². The first-order valence-electron chi connectivity index (χ1n) is 8.83. The maximum absolute atomic E-state index is 12.0. The molecule has 0 atom stereocenters. The van der Waals surface area contributed by atoms with Crippen LogP contribution >= 0.6 is 0 Å². The van der Waals surface area contributed by atoms with E-state index in [0.29, 0.717) is 5.69 Å². The third-order valence-corrected chi connectivity index (χ3v) is 4.33. The summed E-state index contributed by atoms with van der Waals surface area (Å²) in [5.74, 6) is -0.954. The van der Waals surface area contributed by atoms with Crippen molar-refractivity contribution in [3.63, 3.8) is 0 Å². The van der Waals surface area contributed by atoms with E-state index >= 15 is 0 Å².